The molecule has 1 atom stereocenters. The van der Waals surface area contributed by atoms with Crippen molar-refractivity contribution in [2.75, 3.05) is 37.6 Å². The highest BCUT2D eigenvalue weighted by Gasteiger charge is 2.21. The lowest BCUT2D eigenvalue weighted by Gasteiger charge is -2.35. The van der Waals surface area contributed by atoms with Gasteiger partial charge >= 0.3 is 0 Å². The van der Waals surface area contributed by atoms with E-state index in [1.54, 1.807) is 18.3 Å². The van der Waals surface area contributed by atoms with Crippen molar-refractivity contribution in [3.63, 3.8) is 0 Å². The van der Waals surface area contributed by atoms with Crippen LogP contribution >= 0.6 is 0 Å². The van der Waals surface area contributed by atoms with Gasteiger partial charge < -0.3 is 10.2 Å². The predicted octanol–water partition coefficient (Wildman–Crippen LogP) is 2.16. The predicted molar refractivity (Wildman–Crippen MR) is 99.4 cm³/mol. The summed E-state index contributed by atoms with van der Waals surface area (Å²) in [6, 6.07) is 6.02. The Morgan fingerprint density at radius 2 is 2.12 bits per heavy atom. The molecule has 0 spiro atoms. The Balaban J connectivity index is 1.75. The van der Waals surface area contributed by atoms with E-state index >= 15 is 0 Å². The van der Waals surface area contributed by atoms with Crippen molar-refractivity contribution in [1.82, 2.24) is 15.2 Å². The van der Waals surface area contributed by atoms with E-state index < -0.39 is 0 Å². The lowest BCUT2D eigenvalue weighted by molar-refractivity contribution is -0.123. The van der Waals surface area contributed by atoms with Crippen LogP contribution < -0.4 is 10.2 Å². The van der Waals surface area contributed by atoms with Gasteiger partial charge in [0.05, 0.1) is 12.1 Å². The van der Waals surface area contributed by atoms with Gasteiger partial charge in [-0.25, -0.2) is 4.98 Å². The molecule has 1 aliphatic heterocycles. The van der Waals surface area contributed by atoms with Gasteiger partial charge in [-0.15, -0.1) is 0 Å². The lowest BCUT2D eigenvalue weighted by atomic mass is 10.1. The summed E-state index contributed by atoms with van der Waals surface area (Å²) in [6.07, 6.45) is 6.36. The van der Waals surface area contributed by atoms with E-state index in [1.807, 2.05) is 0 Å². The monoisotopic (exact) mass is 343 g/mol. The third-order valence-electron chi connectivity index (χ3n) is 4.59. The fourth-order valence-corrected chi connectivity index (χ4v) is 3.15. The van der Waals surface area contributed by atoms with Crippen molar-refractivity contribution in [2.45, 2.75) is 45.6 Å². The highest BCUT2D eigenvalue weighted by molar-refractivity contribution is 5.78. The highest BCUT2D eigenvalue weighted by Crippen LogP contribution is 2.17. The Bertz CT molecular complexity index is 590. The number of carbonyl (C=O) groups is 1. The van der Waals surface area contributed by atoms with Crippen molar-refractivity contribution in [3.8, 4) is 6.07 Å². The number of rotatable bonds is 8. The third kappa shape index (κ3) is 6.02. The number of aromatic nitrogens is 1. The Morgan fingerprint density at radius 1 is 1.36 bits per heavy atom. The molecule has 1 aliphatic rings. The van der Waals surface area contributed by atoms with Crippen molar-refractivity contribution in [1.29, 1.82) is 5.26 Å². The van der Waals surface area contributed by atoms with Gasteiger partial charge in [0.2, 0.25) is 5.91 Å². The molecule has 6 nitrogen and oxygen atoms in total. The minimum absolute atomic E-state index is 0.105. The number of carbonyl (C=O) groups excluding carboxylic acids is 1. The fourth-order valence-electron chi connectivity index (χ4n) is 3.15. The maximum Gasteiger partial charge on any atom is 0.234 e. The maximum atomic E-state index is 12.2. The number of unbranched alkanes of at least 4 members (excludes halogenated alkanes) is 2. The number of pyridine rings is 1. The van der Waals surface area contributed by atoms with Crippen LogP contribution in [0.3, 0.4) is 0 Å². The van der Waals surface area contributed by atoms with Gasteiger partial charge in [0.25, 0.3) is 0 Å². The van der Waals surface area contributed by atoms with E-state index in [9.17, 15) is 10.1 Å². The molecule has 25 heavy (non-hydrogen) atoms. The van der Waals surface area contributed by atoms with Crippen LogP contribution in [0.2, 0.25) is 0 Å². The summed E-state index contributed by atoms with van der Waals surface area (Å²) in [6.45, 7) is 7.89. The Hall–Kier alpha value is -2.13. The summed E-state index contributed by atoms with van der Waals surface area (Å²) in [7, 11) is 0. The first-order chi connectivity index (χ1) is 12.1. The van der Waals surface area contributed by atoms with Gasteiger partial charge in [0.1, 0.15) is 11.9 Å². The second-order valence-corrected chi connectivity index (χ2v) is 6.71. The Labute approximate surface area is 150 Å². The summed E-state index contributed by atoms with van der Waals surface area (Å²) >= 11 is 0. The molecular weight excluding hydrogens is 314 g/mol. The average molecular weight is 343 g/mol. The summed E-state index contributed by atoms with van der Waals surface area (Å²) in [5.74, 6) is 0.853. The minimum atomic E-state index is 0.105. The van der Waals surface area contributed by atoms with E-state index in [-0.39, 0.29) is 11.9 Å². The van der Waals surface area contributed by atoms with Crippen molar-refractivity contribution >= 4 is 11.7 Å². The van der Waals surface area contributed by atoms with Gasteiger partial charge in [-0.1, -0.05) is 26.2 Å². The van der Waals surface area contributed by atoms with Crippen LogP contribution in [0.1, 0.15) is 45.1 Å². The lowest BCUT2D eigenvalue weighted by Crippen LogP contribution is -2.50. The molecule has 0 aliphatic carbocycles. The number of hydrogen-bond acceptors (Lipinski definition) is 5. The number of nitrogens with zero attached hydrogens (tertiary/aromatic N) is 4. The molecule has 2 heterocycles. The second kappa shape index (κ2) is 10.00. The summed E-state index contributed by atoms with van der Waals surface area (Å²) in [5.41, 5.74) is 0.606. The number of anilines is 1. The minimum Gasteiger partial charge on any atom is -0.353 e. The van der Waals surface area contributed by atoms with Crippen LogP contribution in [-0.4, -0.2) is 54.6 Å². The first kappa shape index (κ1) is 19.2. The smallest absolute Gasteiger partial charge is 0.234 e. The number of nitriles is 1. The molecule has 0 bridgehead atoms. The quantitative estimate of drug-likeness (QED) is 0.732. The summed E-state index contributed by atoms with van der Waals surface area (Å²) < 4.78 is 0. The Morgan fingerprint density at radius 3 is 2.80 bits per heavy atom. The third-order valence-corrected chi connectivity index (χ3v) is 4.59. The van der Waals surface area contributed by atoms with Gasteiger partial charge in [0.15, 0.2) is 0 Å². The zero-order chi connectivity index (χ0) is 18.1. The van der Waals surface area contributed by atoms with Crippen molar-refractivity contribution in [2.24, 2.45) is 0 Å². The van der Waals surface area contributed by atoms with Crippen LogP contribution in [-0.2, 0) is 4.79 Å². The van der Waals surface area contributed by atoms with Crippen molar-refractivity contribution in [3.05, 3.63) is 23.9 Å². The molecule has 0 aromatic carbocycles. The SMILES string of the molecule is CCCCCC(C)NC(=O)CN1CCN(c2ncccc2C#N)CC1. The molecule has 6 heteroatoms. The molecule has 1 saturated heterocycles. The van der Waals surface area contributed by atoms with Crippen LogP contribution in [0.25, 0.3) is 0 Å². The maximum absolute atomic E-state index is 12.2. The molecule has 1 N–H and O–H groups in total. The molecule has 0 radical (unpaired) electrons. The molecule has 136 valence electrons. The number of hydrogen-bond donors (Lipinski definition) is 1. The van der Waals surface area contributed by atoms with E-state index in [4.69, 9.17) is 0 Å². The largest absolute Gasteiger partial charge is 0.353 e. The van der Waals surface area contributed by atoms with E-state index in [0.717, 1.165) is 38.4 Å². The number of nitrogens with one attached hydrogen (secondary N) is 1. The molecule has 1 amide bonds. The summed E-state index contributed by atoms with van der Waals surface area (Å²) in [4.78, 5) is 20.8. The highest BCUT2D eigenvalue weighted by atomic mass is 16.2. The molecule has 1 fully saturated rings. The van der Waals surface area contributed by atoms with Gasteiger partial charge in [-0.3, -0.25) is 9.69 Å². The first-order valence-corrected chi connectivity index (χ1v) is 9.25. The van der Waals surface area contributed by atoms with Gasteiger partial charge in [-0.05, 0) is 25.5 Å². The summed E-state index contributed by atoms with van der Waals surface area (Å²) in [5, 5.41) is 12.3. The van der Waals surface area contributed by atoms with E-state index in [1.165, 1.54) is 19.3 Å². The normalized spacial score (nSPS) is 16.3. The zero-order valence-electron chi connectivity index (χ0n) is 15.4. The molecule has 0 saturated carbocycles. The van der Waals surface area contributed by atoms with Crippen LogP contribution in [0.5, 0.6) is 0 Å². The number of piperazine rings is 1. The Kier molecular flexibility index (Phi) is 7.68. The van der Waals surface area contributed by atoms with Crippen LogP contribution in [0.15, 0.2) is 18.3 Å². The molecule has 2 rings (SSSR count). The van der Waals surface area contributed by atoms with Gasteiger partial charge in [0, 0.05) is 38.4 Å². The van der Waals surface area contributed by atoms with Crippen LogP contribution in [0, 0.1) is 11.3 Å². The van der Waals surface area contributed by atoms with E-state index in [0.29, 0.717) is 12.1 Å². The molecule has 1 unspecified atom stereocenters. The van der Waals surface area contributed by atoms with Gasteiger partial charge in [-0.2, -0.15) is 5.26 Å². The number of amides is 1. The topological polar surface area (TPSA) is 72.3 Å². The molecule has 1 aromatic rings. The standard InChI is InChI=1S/C19H29N5O/c1-3-4-5-7-16(2)22-18(25)15-23-10-12-24(13-11-23)19-17(14-20)8-6-9-21-19/h6,8-9,16H,3-5,7,10-13,15H2,1-2H3,(H,22,25). The fraction of sp³-hybridized carbons (Fsp3) is 0.632. The van der Waals surface area contributed by atoms with E-state index in [2.05, 4.69) is 40.0 Å². The van der Waals surface area contributed by atoms with Crippen LogP contribution in [0.4, 0.5) is 5.82 Å². The van der Waals surface area contributed by atoms with Crippen molar-refractivity contribution < 1.29 is 4.79 Å². The first-order valence-electron chi connectivity index (χ1n) is 9.25. The average Bonchev–Trinajstić information content (AvgIpc) is 2.62. The molecule has 1 aromatic heterocycles. The second-order valence-electron chi connectivity index (χ2n) is 6.71. The zero-order valence-corrected chi connectivity index (χ0v) is 15.4. The molecular formula is C19H29N5O.